The first-order valence-electron chi connectivity index (χ1n) is 9.04. The quantitative estimate of drug-likeness (QED) is 0.608. The molecule has 27 heavy (non-hydrogen) atoms. The number of nitrogens with one attached hydrogen (secondary N) is 1. The van der Waals surface area contributed by atoms with Crippen molar-refractivity contribution in [2.75, 3.05) is 11.1 Å². The molecular weight excluding hydrogens is 382 g/mol. The second-order valence-corrected chi connectivity index (χ2v) is 8.38. The molecule has 1 aliphatic carbocycles. The lowest BCUT2D eigenvalue weighted by atomic mass is 9.95. The summed E-state index contributed by atoms with van der Waals surface area (Å²) in [6.07, 6.45) is 7.52. The zero-order valence-corrected chi connectivity index (χ0v) is 16.7. The van der Waals surface area contributed by atoms with E-state index in [9.17, 15) is 4.79 Å². The average Bonchev–Trinajstić information content (AvgIpc) is 3.41. The largest absolute Gasteiger partial charge is 0.461 e. The number of nitrogens with zero attached hydrogens (tertiary/aromatic N) is 4. The van der Waals surface area contributed by atoms with Gasteiger partial charge >= 0.3 is 0 Å². The number of amides is 1. The molecule has 0 aliphatic heterocycles. The molecule has 0 radical (unpaired) electrons. The van der Waals surface area contributed by atoms with Crippen molar-refractivity contribution < 1.29 is 9.21 Å². The first-order chi connectivity index (χ1) is 13.2. The maximum absolute atomic E-state index is 12.3. The van der Waals surface area contributed by atoms with Crippen LogP contribution in [-0.4, -0.2) is 31.4 Å². The van der Waals surface area contributed by atoms with Crippen molar-refractivity contribution >= 4 is 34.1 Å². The predicted molar refractivity (Wildman–Crippen MR) is 106 cm³/mol. The van der Waals surface area contributed by atoms with E-state index in [4.69, 9.17) is 4.42 Å². The fraction of sp³-hybridized carbons (Fsp3) is 0.444. The van der Waals surface area contributed by atoms with Crippen LogP contribution in [0.25, 0.3) is 11.6 Å². The van der Waals surface area contributed by atoms with Crippen LogP contribution in [0.2, 0.25) is 0 Å². The van der Waals surface area contributed by atoms with Gasteiger partial charge in [0.2, 0.25) is 11.7 Å². The molecule has 3 aromatic rings. The van der Waals surface area contributed by atoms with Crippen LogP contribution in [0.15, 0.2) is 33.3 Å². The highest BCUT2D eigenvalue weighted by Crippen LogP contribution is 2.35. The molecule has 7 nitrogen and oxygen atoms in total. The van der Waals surface area contributed by atoms with E-state index in [1.54, 1.807) is 6.26 Å². The molecule has 1 amide bonds. The Morgan fingerprint density at radius 1 is 1.37 bits per heavy atom. The Labute approximate surface area is 165 Å². The van der Waals surface area contributed by atoms with Crippen LogP contribution in [0, 0.1) is 6.92 Å². The molecule has 3 heterocycles. The van der Waals surface area contributed by atoms with Gasteiger partial charge in [0.15, 0.2) is 16.0 Å². The van der Waals surface area contributed by atoms with E-state index in [1.807, 2.05) is 24.4 Å². The van der Waals surface area contributed by atoms with E-state index in [2.05, 4.69) is 25.1 Å². The summed E-state index contributed by atoms with van der Waals surface area (Å²) in [5.74, 6) is 1.63. The lowest BCUT2D eigenvalue weighted by molar-refractivity contribution is -0.113. The molecule has 0 aromatic carbocycles. The van der Waals surface area contributed by atoms with Crippen LogP contribution in [0.3, 0.4) is 0 Å². The molecule has 0 unspecified atom stereocenters. The molecule has 3 aromatic heterocycles. The number of aromatic nitrogens is 4. The Hall–Kier alpha value is -2.13. The Morgan fingerprint density at radius 3 is 2.93 bits per heavy atom. The number of carbonyl (C=O) groups excluding carboxylic acids is 1. The molecule has 1 fully saturated rings. The number of hydrogen-bond donors (Lipinski definition) is 1. The van der Waals surface area contributed by atoms with E-state index in [1.165, 1.54) is 42.4 Å². The van der Waals surface area contributed by atoms with E-state index in [0.29, 0.717) is 16.9 Å². The van der Waals surface area contributed by atoms with Crippen molar-refractivity contribution in [3.8, 4) is 11.6 Å². The number of anilines is 1. The number of carbonyl (C=O) groups is 1. The molecule has 4 rings (SSSR count). The normalized spacial score (nSPS) is 15.1. The molecule has 0 bridgehead atoms. The van der Waals surface area contributed by atoms with Gasteiger partial charge in [-0.1, -0.05) is 31.0 Å². The van der Waals surface area contributed by atoms with E-state index in [0.717, 1.165) is 29.5 Å². The van der Waals surface area contributed by atoms with Crippen LogP contribution in [0.5, 0.6) is 0 Å². The lowest BCUT2D eigenvalue weighted by Gasteiger charge is -2.25. The Balaban J connectivity index is 1.50. The molecule has 1 saturated carbocycles. The minimum Gasteiger partial charge on any atom is -0.461 e. The van der Waals surface area contributed by atoms with Crippen LogP contribution in [-0.2, 0) is 4.79 Å². The monoisotopic (exact) mass is 403 g/mol. The van der Waals surface area contributed by atoms with Gasteiger partial charge in [0.05, 0.1) is 17.7 Å². The van der Waals surface area contributed by atoms with Gasteiger partial charge in [-0.15, -0.1) is 21.5 Å². The van der Waals surface area contributed by atoms with Crippen LogP contribution < -0.4 is 5.32 Å². The third kappa shape index (κ3) is 4.24. The van der Waals surface area contributed by atoms with Crippen molar-refractivity contribution in [2.24, 2.45) is 0 Å². The van der Waals surface area contributed by atoms with Gasteiger partial charge in [-0.05, 0) is 31.9 Å². The number of rotatable bonds is 6. The maximum Gasteiger partial charge on any atom is 0.236 e. The van der Waals surface area contributed by atoms with Gasteiger partial charge in [0, 0.05) is 11.4 Å². The minimum absolute atomic E-state index is 0.0907. The van der Waals surface area contributed by atoms with Gasteiger partial charge in [0.1, 0.15) is 0 Å². The van der Waals surface area contributed by atoms with Gasteiger partial charge in [-0.2, -0.15) is 0 Å². The minimum atomic E-state index is -0.0907. The van der Waals surface area contributed by atoms with Crippen LogP contribution in [0.1, 0.15) is 43.8 Å². The maximum atomic E-state index is 12.3. The third-order valence-electron chi connectivity index (χ3n) is 4.54. The fourth-order valence-electron chi connectivity index (χ4n) is 3.31. The molecule has 1 aliphatic rings. The van der Waals surface area contributed by atoms with E-state index < -0.39 is 0 Å². The highest BCUT2D eigenvalue weighted by atomic mass is 32.2. The first-order valence-corrected chi connectivity index (χ1v) is 10.9. The van der Waals surface area contributed by atoms with Crippen LogP contribution >= 0.6 is 23.1 Å². The number of hydrogen-bond acceptors (Lipinski definition) is 7. The predicted octanol–water partition coefficient (Wildman–Crippen LogP) is 4.54. The highest BCUT2D eigenvalue weighted by Gasteiger charge is 2.25. The smallest absolute Gasteiger partial charge is 0.236 e. The molecule has 0 spiro atoms. The van der Waals surface area contributed by atoms with Crippen molar-refractivity contribution in [1.29, 1.82) is 0 Å². The second-order valence-electron chi connectivity index (χ2n) is 6.58. The van der Waals surface area contributed by atoms with Gasteiger partial charge in [-0.3, -0.25) is 9.36 Å². The summed E-state index contributed by atoms with van der Waals surface area (Å²) >= 11 is 2.84. The second kappa shape index (κ2) is 8.26. The summed E-state index contributed by atoms with van der Waals surface area (Å²) in [6, 6.07) is 4.10. The summed E-state index contributed by atoms with van der Waals surface area (Å²) in [6.45, 7) is 1.91. The summed E-state index contributed by atoms with van der Waals surface area (Å²) in [5.41, 5.74) is 0.906. The Morgan fingerprint density at radius 2 is 2.22 bits per heavy atom. The number of furan rings is 1. The lowest BCUT2D eigenvalue weighted by Crippen LogP contribution is -2.17. The van der Waals surface area contributed by atoms with Crippen molar-refractivity contribution in [1.82, 2.24) is 19.7 Å². The summed E-state index contributed by atoms with van der Waals surface area (Å²) < 4.78 is 7.71. The Bertz CT molecular complexity index is 897. The molecule has 0 atom stereocenters. The van der Waals surface area contributed by atoms with Crippen molar-refractivity contribution in [2.45, 2.75) is 50.2 Å². The van der Waals surface area contributed by atoms with Crippen LogP contribution in [0.4, 0.5) is 5.13 Å². The molecule has 0 saturated heterocycles. The molecule has 9 heteroatoms. The van der Waals surface area contributed by atoms with E-state index >= 15 is 0 Å². The van der Waals surface area contributed by atoms with Gasteiger partial charge in [0.25, 0.3) is 0 Å². The number of aryl methyl sites for hydroxylation is 1. The average molecular weight is 404 g/mol. The molecular formula is C18H21N5O2S2. The standard InChI is InChI=1S/C18H21N5O2S2/c1-12-10-26-17(19-12)20-15(24)11-27-18-22-21-16(14-8-5-9-25-14)23(18)13-6-3-2-4-7-13/h5,8-10,13H,2-4,6-7,11H2,1H3,(H,19,20,24). The van der Waals surface area contributed by atoms with E-state index in [-0.39, 0.29) is 11.7 Å². The first kappa shape index (κ1) is 18.2. The van der Waals surface area contributed by atoms with Gasteiger partial charge < -0.3 is 9.73 Å². The fourth-order valence-corrected chi connectivity index (χ4v) is 4.82. The third-order valence-corrected chi connectivity index (χ3v) is 6.36. The highest BCUT2D eigenvalue weighted by molar-refractivity contribution is 7.99. The van der Waals surface area contributed by atoms with Crippen molar-refractivity contribution in [3.63, 3.8) is 0 Å². The summed E-state index contributed by atoms with van der Waals surface area (Å²) in [5, 5.41) is 14.9. The van der Waals surface area contributed by atoms with Crippen molar-refractivity contribution in [3.05, 3.63) is 29.5 Å². The zero-order chi connectivity index (χ0) is 18.6. The summed E-state index contributed by atoms with van der Waals surface area (Å²) in [4.78, 5) is 16.5. The topological polar surface area (TPSA) is 85.8 Å². The summed E-state index contributed by atoms with van der Waals surface area (Å²) in [7, 11) is 0. The SMILES string of the molecule is Cc1csc(NC(=O)CSc2nnc(-c3ccco3)n2C2CCCCC2)n1. The Kier molecular flexibility index (Phi) is 5.58. The zero-order valence-electron chi connectivity index (χ0n) is 15.1. The molecule has 1 N–H and O–H groups in total. The number of thiazole rings is 1. The number of thioether (sulfide) groups is 1. The molecule has 142 valence electrons. The van der Waals surface area contributed by atoms with Gasteiger partial charge in [-0.25, -0.2) is 4.98 Å².